The van der Waals surface area contributed by atoms with Crippen LogP contribution in [0.25, 0.3) is 0 Å². The molecule has 0 aliphatic heterocycles. The highest BCUT2D eigenvalue weighted by Gasteiger charge is 2.33. The van der Waals surface area contributed by atoms with Crippen molar-refractivity contribution >= 4 is 41.3 Å². The average Bonchev–Trinajstić information content (AvgIpc) is 3.18. The maximum Gasteiger partial charge on any atom is 0.191 e. The van der Waals surface area contributed by atoms with E-state index in [9.17, 15) is 0 Å². The molecule has 0 radical (unpaired) electrons. The van der Waals surface area contributed by atoms with Crippen LogP contribution in [0.4, 0.5) is 0 Å². The minimum atomic E-state index is 0. The van der Waals surface area contributed by atoms with Crippen LogP contribution in [0.5, 0.6) is 0 Å². The molecule has 2 N–H and O–H groups in total. The molecule has 1 heterocycles. The summed E-state index contributed by atoms with van der Waals surface area (Å²) in [6, 6.07) is 0. The van der Waals surface area contributed by atoms with Crippen molar-refractivity contribution in [3.8, 4) is 0 Å². The zero-order valence-electron chi connectivity index (χ0n) is 15.1. The SMILES string of the molecule is CCNC(=NCc1ncc(C)s1)NCC1(CCOC)CCCC1.I. The van der Waals surface area contributed by atoms with E-state index in [0.717, 1.165) is 37.1 Å². The maximum absolute atomic E-state index is 5.31. The molecule has 1 aromatic rings. The van der Waals surface area contributed by atoms with Gasteiger partial charge in [0.15, 0.2) is 5.96 Å². The van der Waals surface area contributed by atoms with Gasteiger partial charge in [-0.2, -0.15) is 0 Å². The summed E-state index contributed by atoms with van der Waals surface area (Å²) < 4.78 is 5.31. The molecule has 5 nitrogen and oxygen atoms in total. The topological polar surface area (TPSA) is 58.5 Å². The van der Waals surface area contributed by atoms with E-state index in [4.69, 9.17) is 4.74 Å². The van der Waals surface area contributed by atoms with Crippen molar-refractivity contribution in [1.82, 2.24) is 15.6 Å². The fourth-order valence-electron chi connectivity index (χ4n) is 3.19. The number of guanidine groups is 1. The van der Waals surface area contributed by atoms with Crippen LogP contribution in [0.1, 0.15) is 48.9 Å². The maximum atomic E-state index is 5.31. The van der Waals surface area contributed by atoms with Crippen molar-refractivity contribution < 1.29 is 4.74 Å². The van der Waals surface area contributed by atoms with Gasteiger partial charge in [-0.15, -0.1) is 35.3 Å². The van der Waals surface area contributed by atoms with E-state index >= 15 is 0 Å². The molecule has 0 amide bonds. The van der Waals surface area contributed by atoms with Crippen molar-refractivity contribution in [2.24, 2.45) is 10.4 Å². The number of nitrogens with zero attached hydrogens (tertiary/aromatic N) is 2. The minimum Gasteiger partial charge on any atom is -0.385 e. The summed E-state index contributed by atoms with van der Waals surface area (Å²) in [4.78, 5) is 10.3. The van der Waals surface area contributed by atoms with Crippen LogP contribution >= 0.6 is 35.3 Å². The van der Waals surface area contributed by atoms with Gasteiger partial charge in [0.25, 0.3) is 0 Å². The van der Waals surface area contributed by atoms with E-state index in [2.05, 4.69) is 34.5 Å². The van der Waals surface area contributed by atoms with Gasteiger partial charge in [0.2, 0.25) is 0 Å². The van der Waals surface area contributed by atoms with Gasteiger partial charge < -0.3 is 15.4 Å². The molecule has 1 saturated carbocycles. The summed E-state index contributed by atoms with van der Waals surface area (Å²) in [5.74, 6) is 0.893. The lowest BCUT2D eigenvalue weighted by molar-refractivity contribution is 0.138. The van der Waals surface area contributed by atoms with Gasteiger partial charge in [0, 0.05) is 37.9 Å². The van der Waals surface area contributed by atoms with E-state index in [-0.39, 0.29) is 24.0 Å². The molecule has 0 aromatic carbocycles. The number of halogens is 1. The second-order valence-electron chi connectivity index (χ2n) is 6.36. The van der Waals surface area contributed by atoms with Gasteiger partial charge in [0.05, 0.1) is 6.54 Å². The molecule has 0 atom stereocenters. The average molecular weight is 466 g/mol. The Balaban J connectivity index is 0.00000288. The van der Waals surface area contributed by atoms with Crippen LogP contribution in [-0.2, 0) is 11.3 Å². The Hall–Kier alpha value is -0.410. The smallest absolute Gasteiger partial charge is 0.191 e. The lowest BCUT2D eigenvalue weighted by atomic mass is 9.83. The van der Waals surface area contributed by atoms with Crippen LogP contribution in [-0.4, -0.2) is 37.7 Å². The first-order valence-corrected chi connectivity index (χ1v) is 9.41. The molecule has 0 bridgehead atoms. The highest BCUT2D eigenvalue weighted by molar-refractivity contribution is 14.0. The second kappa shape index (κ2) is 11.3. The summed E-state index contributed by atoms with van der Waals surface area (Å²) in [5.41, 5.74) is 0.365. The molecule has 1 fully saturated rings. The summed E-state index contributed by atoms with van der Waals surface area (Å²) in [6.45, 7) is 7.49. The zero-order valence-corrected chi connectivity index (χ0v) is 18.2. The second-order valence-corrected chi connectivity index (χ2v) is 7.68. The first-order valence-electron chi connectivity index (χ1n) is 8.60. The highest BCUT2D eigenvalue weighted by atomic mass is 127. The molecule has 0 spiro atoms. The fraction of sp³-hybridized carbons (Fsp3) is 0.765. The number of ether oxygens (including phenoxy) is 1. The predicted molar refractivity (Wildman–Crippen MR) is 112 cm³/mol. The molecule has 1 aliphatic rings. The van der Waals surface area contributed by atoms with Gasteiger partial charge in [-0.1, -0.05) is 12.8 Å². The largest absolute Gasteiger partial charge is 0.385 e. The van der Waals surface area contributed by atoms with Gasteiger partial charge in [-0.3, -0.25) is 0 Å². The first kappa shape index (κ1) is 21.6. The third-order valence-corrected chi connectivity index (χ3v) is 5.41. The van der Waals surface area contributed by atoms with E-state index in [1.165, 1.54) is 30.6 Å². The van der Waals surface area contributed by atoms with E-state index in [0.29, 0.717) is 12.0 Å². The quantitative estimate of drug-likeness (QED) is 0.348. The molecule has 138 valence electrons. The normalized spacial score (nSPS) is 16.7. The summed E-state index contributed by atoms with van der Waals surface area (Å²) in [7, 11) is 1.79. The van der Waals surface area contributed by atoms with Gasteiger partial charge in [-0.25, -0.2) is 9.98 Å². The van der Waals surface area contributed by atoms with E-state index in [1.807, 2.05) is 6.20 Å². The monoisotopic (exact) mass is 466 g/mol. The Morgan fingerprint density at radius 3 is 2.71 bits per heavy atom. The molecule has 1 aromatic heterocycles. The number of thiazole rings is 1. The van der Waals surface area contributed by atoms with Crippen LogP contribution in [0, 0.1) is 12.3 Å². The Morgan fingerprint density at radius 1 is 1.38 bits per heavy atom. The third-order valence-electron chi connectivity index (χ3n) is 4.52. The molecule has 0 unspecified atom stereocenters. The van der Waals surface area contributed by atoms with E-state index in [1.54, 1.807) is 18.4 Å². The predicted octanol–water partition coefficient (Wildman–Crippen LogP) is 3.72. The standard InChI is InChI=1S/C17H30N4OS.HI/c1-4-18-16(20-12-15-19-11-14(2)23-15)21-13-17(9-10-22-3)7-5-6-8-17;/h11H,4-10,12-13H2,1-3H3,(H2,18,20,21);1H. The Bertz CT molecular complexity index is 501. The van der Waals surface area contributed by atoms with E-state index < -0.39 is 0 Å². The van der Waals surface area contributed by atoms with Gasteiger partial charge >= 0.3 is 0 Å². The Kier molecular flexibility index (Phi) is 10.1. The summed E-state index contributed by atoms with van der Waals surface area (Å²) in [5, 5.41) is 7.96. The number of methoxy groups -OCH3 is 1. The van der Waals surface area contributed by atoms with Crippen LogP contribution < -0.4 is 10.6 Å². The number of aromatic nitrogens is 1. The molecular formula is C17H31IN4OS. The molecule has 1 aliphatic carbocycles. The number of nitrogens with one attached hydrogen (secondary N) is 2. The zero-order chi connectivity index (χ0) is 16.5. The number of hydrogen-bond acceptors (Lipinski definition) is 4. The van der Waals surface area contributed by atoms with Crippen molar-refractivity contribution in [2.75, 3.05) is 26.8 Å². The minimum absolute atomic E-state index is 0. The van der Waals surface area contributed by atoms with Crippen LogP contribution in [0.2, 0.25) is 0 Å². The van der Waals surface area contributed by atoms with Gasteiger partial charge in [0.1, 0.15) is 5.01 Å². The highest BCUT2D eigenvalue weighted by Crippen LogP contribution is 2.40. The van der Waals surface area contributed by atoms with Crippen molar-refractivity contribution in [3.05, 3.63) is 16.1 Å². The first-order chi connectivity index (χ1) is 11.2. The van der Waals surface area contributed by atoms with Crippen molar-refractivity contribution in [2.45, 2.75) is 52.5 Å². The van der Waals surface area contributed by atoms with Crippen molar-refractivity contribution in [3.63, 3.8) is 0 Å². The number of hydrogen-bond donors (Lipinski definition) is 2. The third kappa shape index (κ3) is 6.84. The molecular weight excluding hydrogens is 435 g/mol. The Labute approximate surface area is 167 Å². The molecule has 24 heavy (non-hydrogen) atoms. The Morgan fingerprint density at radius 2 is 2.12 bits per heavy atom. The van der Waals surface area contributed by atoms with Crippen molar-refractivity contribution in [1.29, 1.82) is 0 Å². The number of rotatable bonds is 8. The molecule has 2 rings (SSSR count). The lowest BCUT2D eigenvalue weighted by Gasteiger charge is -2.29. The lowest BCUT2D eigenvalue weighted by Crippen LogP contribution is -2.43. The number of aliphatic imine (C=N–C) groups is 1. The van der Waals surface area contributed by atoms with Gasteiger partial charge in [-0.05, 0) is 38.5 Å². The fourth-order valence-corrected chi connectivity index (χ4v) is 3.90. The van der Waals surface area contributed by atoms with Crippen LogP contribution in [0.15, 0.2) is 11.2 Å². The molecule has 0 saturated heterocycles. The summed E-state index contributed by atoms with van der Waals surface area (Å²) in [6.07, 6.45) is 8.27. The van der Waals surface area contributed by atoms with Crippen LogP contribution in [0.3, 0.4) is 0 Å². The summed E-state index contributed by atoms with van der Waals surface area (Å²) >= 11 is 1.71. The number of aryl methyl sites for hydroxylation is 1. The molecule has 7 heteroatoms.